The second kappa shape index (κ2) is 4.40. The second-order valence-corrected chi connectivity index (χ2v) is 3.48. The first-order valence-corrected chi connectivity index (χ1v) is 5.08. The minimum absolute atomic E-state index is 0.00899. The standard InChI is InChI=1S/C11H14N2O3/c1-13(11(14)7-12)8-2-3-9-10(6-8)16-5-4-15-9/h2-3,6H,4-5,7,12H2,1H3. The molecule has 1 aliphatic rings. The van der Waals surface area contributed by atoms with Crippen LogP contribution in [0.4, 0.5) is 5.69 Å². The van der Waals surface area contributed by atoms with Crippen molar-refractivity contribution in [3.8, 4) is 11.5 Å². The zero-order valence-electron chi connectivity index (χ0n) is 9.10. The lowest BCUT2D eigenvalue weighted by atomic mass is 10.2. The summed E-state index contributed by atoms with van der Waals surface area (Å²) in [6.45, 7) is 1.08. The van der Waals surface area contributed by atoms with E-state index in [9.17, 15) is 4.79 Å². The summed E-state index contributed by atoms with van der Waals surface area (Å²) in [6.07, 6.45) is 0. The van der Waals surface area contributed by atoms with Crippen molar-refractivity contribution in [3.05, 3.63) is 18.2 Å². The van der Waals surface area contributed by atoms with Crippen LogP contribution in [0.15, 0.2) is 18.2 Å². The lowest BCUT2D eigenvalue weighted by Crippen LogP contribution is -2.32. The summed E-state index contributed by atoms with van der Waals surface area (Å²) in [4.78, 5) is 12.9. The van der Waals surface area contributed by atoms with Gasteiger partial charge in [0.15, 0.2) is 11.5 Å². The van der Waals surface area contributed by atoms with E-state index in [0.29, 0.717) is 24.7 Å². The van der Waals surface area contributed by atoms with Crippen molar-refractivity contribution < 1.29 is 14.3 Å². The van der Waals surface area contributed by atoms with Crippen molar-refractivity contribution in [2.45, 2.75) is 0 Å². The molecule has 5 nitrogen and oxygen atoms in total. The van der Waals surface area contributed by atoms with Gasteiger partial charge in [-0.05, 0) is 12.1 Å². The lowest BCUT2D eigenvalue weighted by molar-refractivity contribution is -0.117. The molecule has 0 saturated carbocycles. The monoisotopic (exact) mass is 222 g/mol. The van der Waals surface area contributed by atoms with Gasteiger partial charge in [0.1, 0.15) is 13.2 Å². The molecular formula is C11H14N2O3. The highest BCUT2D eigenvalue weighted by Crippen LogP contribution is 2.33. The number of carbonyl (C=O) groups is 1. The number of anilines is 1. The molecule has 5 heteroatoms. The quantitative estimate of drug-likeness (QED) is 0.785. The molecule has 1 aromatic carbocycles. The van der Waals surface area contributed by atoms with Crippen LogP contribution in [-0.2, 0) is 4.79 Å². The Morgan fingerprint density at radius 3 is 2.75 bits per heavy atom. The van der Waals surface area contributed by atoms with Crippen molar-refractivity contribution in [1.82, 2.24) is 0 Å². The molecule has 0 fully saturated rings. The maximum absolute atomic E-state index is 11.4. The third-order valence-corrected chi connectivity index (χ3v) is 2.46. The Kier molecular flexibility index (Phi) is 2.96. The molecule has 0 radical (unpaired) electrons. The minimum atomic E-state index is -0.142. The summed E-state index contributed by atoms with van der Waals surface area (Å²) in [5, 5.41) is 0. The fraction of sp³-hybridized carbons (Fsp3) is 0.364. The Morgan fingerprint density at radius 2 is 2.06 bits per heavy atom. The molecule has 1 aromatic rings. The summed E-state index contributed by atoms with van der Waals surface area (Å²) >= 11 is 0. The van der Waals surface area contributed by atoms with Gasteiger partial charge < -0.3 is 20.1 Å². The maximum Gasteiger partial charge on any atom is 0.240 e. The smallest absolute Gasteiger partial charge is 0.240 e. The van der Waals surface area contributed by atoms with Crippen molar-refractivity contribution in [1.29, 1.82) is 0 Å². The summed E-state index contributed by atoms with van der Waals surface area (Å²) in [5.41, 5.74) is 6.05. The zero-order valence-corrected chi connectivity index (χ0v) is 9.10. The lowest BCUT2D eigenvalue weighted by Gasteiger charge is -2.22. The van der Waals surface area contributed by atoms with E-state index in [4.69, 9.17) is 15.2 Å². The van der Waals surface area contributed by atoms with Crippen LogP contribution >= 0.6 is 0 Å². The third-order valence-electron chi connectivity index (χ3n) is 2.46. The normalized spacial score (nSPS) is 13.4. The average Bonchev–Trinajstić information content (AvgIpc) is 2.36. The van der Waals surface area contributed by atoms with Gasteiger partial charge in [0, 0.05) is 18.8 Å². The number of amides is 1. The number of hydrogen-bond acceptors (Lipinski definition) is 4. The van der Waals surface area contributed by atoms with Crippen LogP contribution in [0.25, 0.3) is 0 Å². The molecule has 16 heavy (non-hydrogen) atoms. The molecule has 0 unspecified atom stereocenters. The molecule has 2 N–H and O–H groups in total. The second-order valence-electron chi connectivity index (χ2n) is 3.48. The van der Waals surface area contributed by atoms with Crippen LogP contribution in [-0.4, -0.2) is 32.7 Å². The number of fused-ring (bicyclic) bond motifs is 1. The molecule has 0 bridgehead atoms. The Balaban J connectivity index is 2.26. The van der Waals surface area contributed by atoms with Gasteiger partial charge in [-0.3, -0.25) is 4.79 Å². The van der Waals surface area contributed by atoms with Gasteiger partial charge in [0.2, 0.25) is 5.91 Å². The highest BCUT2D eigenvalue weighted by Gasteiger charge is 2.15. The highest BCUT2D eigenvalue weighted by molar-refractivity contribution is 5.94. The number of carbonyl (C=O) groups excluding carboxylic acids is 1. The Labute approximate surface area is 93.7 Å². The molecule has 0 atom stereocenters. The van der Waals surface area contributed by atoms with E-state index in [0.717, 1.165) is 5.69 Å². The van der Waals surface area contributed by atoms with Crippen molar-refractivity contribution >= 4 is 11.6 Å². The van der Waals surface area contributed by atoms with Crippen LogP contribution in [0, 0.1) is 0 Å². The first-order valence-electron chi connectivity index (χ1n) is 5.08. The predicted molar refractivity (Wildman–Crippen MR) is 59.9 cm³/mol. The number of ether oxygens (including phenoxy) is 2. The number of rotatable bonds is 2. The van der Waals surface area contributed by atoms with Crippen LogP contribution in [0.2, 0.25) is 0 Å². The molecule has 2 rings (SSSR count). The first kappa shape index (κ1) is 10.8. The van der Waals surface area contributed by atoms with Crippen molar-refractivity contribution in [2.24, 2.45) is 5.73 Å². The first-order chi connectivity index (χ1) is 7.72. The average molecular weight is 222 g/mol. The van der Waals surface area contributed by atoms with Crippen LogP contribution in [0.5, 0.6) is 11.5 Å². The van der Waals surface area contributed by atoms with E-state index in [-0.39, 0.29) is 12.5 Å². The molecule has 0 spiro atoms. The molecule has 0 aromatic heterocycles. The molecule has 0 aliphatic carbocycles. The summed E-state index contributed by atoms with van der Waals surface area (Å²) in [6, 6.07) is 5.38. The van der Waals surface area contributed by atoms with E-state index in [1.54, 1.807) is 25.2 Å². The molecule has 86 valence electrons. The van der Waals surface area contributed by atoms with E-state index >= 15 is 0 Å². The van der Waals surface area contributed by atoms with Gasteiger partial charge in [-0.15, -0.1) is 0 Å². The molecule has 1 amide bonds. The van der Waals surface area contributed by atoms with Crippen LogP contribution in [0.1, 0.15) is 0 Å². The highest BCUT2D eigenvalue weighted by atomic mass is 16.6. The summed E-state index contributed by atoms with van der Waals surface area (Å²) < 4.78 is 10.8. The fourth-order valence-electron chi connectivity index (χ4n) is 1.52. The number of hydrogen-bond donors (Lipinski definition) is 1. The van der Waals surface area contributed by atoms with Crippen LogP contribution in [0.3, 0.4) is 0 Å². The van der Waals surface area contributed by atoms with Gasteiger partial charge in [0.05, 0.1) is 6.54 Å². The fourth-order valence-corrected chi connectivity index (χ4v) is 1.52. The van der Waals surface area contributed by atoms with E-state index in [1.165, 1.54) is 4.90 Å². The predicted octanol–water partition coefficient (Wildman–Crippen LogP) is 0.379. The molecule has 0 saturated heterocycles. The van der Waals surface area contributed by atoms with E-state index in [1.807, 2.05) is 0 Å². The van der Waals surface area contributed by atoms with Gasteiger partial charge >= 0.3 is 0 Å². The van der Waals surface area contributed by atoms with E-state index in [2.05, 4.69) is 0 Å². The summed E-state index contributed by atoms with van der Waals surface area (Å²) in [7, 11) is 1.68. The number of nitrogens with two attached hydrogens (primary N) is 1. The Bertz CT molecular complexity index is 406. The number of benzene rings is 1. The third kappa shape index (κ3) is 1.94. The van der Waals surface area contributed by atoms with Gasteiger partial charge in [-0.25, -0.2) is 0 Å². The molecule has 1 aliphatic heterocycles. The largest absolute Gasteiger partial charge is 0.486 e. The van der Waals surface area contributed by atoms with Crippen molar-refractivity contribution in [3.63, 3.8) is 0 Å². The van der Waals surface area contributed by atoms with Gasteiger partial charge in [-0.1, -0.05) is 0 Å². The van der Waals surface area contributed by atoms with Crippen LogP contribution < -0.4 is 20.1 Å². The van der Waals surface area contributed by atoms with Gasteiger partial charge in [0.25, 0.3) is 0 Å². The number of likely N-dealkylation sites (N-methyl/N-ethyl adjacent to an activating group) is 1. The topological polar surface area (TPSA) is 64.8 Å². The SMILES string of the molecule is CN(C(=O)CN)c1ccc2c(c1)OCCO2. The van der Waals surface area contributed by atoms with Gasteiger partial charge in [-0.2, -0.15) is 0 Å². The van der Waals surface area contributed by atoms with E-state index < -0.39 is 0 Å². The van der Waals surface area contributed by atoms with Crippen molar-refractivity contribution in [2.75, 3.05) is 31.7 Å². The zero-order chi connectivity index (χ0) is 11.5. The summed E-state index contributed by atoms with van der Waals surface area (Å²) in [5.74, 6) is 1.24. The minimum Gasteiger partial charge on any atom is -0.486 e. The number of nitrogens with zero attached hydrogens (tertiary/aromatic N) is 1. The molecular weight excluding hydrogens is 208 g/mol. The Morgan fingerprint density at radius 1 is 1.38 bits per heavy atom. The maximum atomic E-state index is 11.4. The molecule has 1 heterocycles. The Hall–Kier alpha value is -1.75.